The van der Waals surface area contributed by atoms with Crippen molar-refractivity contribution >= 4 is 6.21 Å². The van der Waals surface area contributed by atoms with E-state index in [1.54, 1.807) is 0 Å². The van der Waals surface area contributed by atoms with Gasteiger partial charge in [0, 0.05) is 12.8 Å². The Hall–Kier alpha value is -0.790. The van der Waals surface area contributed by atoms with Crippen LogP contribution in [-0.2, 0) is 0 Å². The summed E-state index contributed by atoms with van der Waals surface area (Å²) >= 11 is 0. The molecule has 0 aromatic carbocycles. The van der Waals surface area contributed by atoms with E-state index < -0.39 is 0 Å². The second-order valence-corrected chi connectivity index (χ2v) is 3.04. The van der Waals surface area contributed by atoms with E-state index in [1.807, 2.05) is 27.0 Å². The largest absolute Gasteiger partial charge is 0.290 e. The maximum atomic E-state index is 4.26. The van der Waals surface area contributed by atoms with Gasteiger partial charge in [-0.2, -0.15) is 5.10 Å². The summed E-state index contributed by atoms with van der Waals surface area (Å²) in [6.07, 6.45) is 5.28. The quantitative estimate of drug-likeness (QED) is 0.449. The van der Waals surface area contributed by atoms with Crippen molar-refractivity contribution in [2.45, 2.75) is 47.1 Å². The average Bonchev–Trinajstić information content (AvgIpc) is 2.14. The van der Waals surface area contributed by atoms with Crippen molar-refractivity contribution in [1.29, 1.82) is 0 Å². The molecule has 0 saturated heterocycles. The Balaban J connectivity index is 0.000000671. The summed E-state index contributed by atoms with van der Waals surface area (Å²) in [4.78, 5) is 0. The van der Waals surface area contributed by atoms with E-state index >= 15 is 0 Å². The molecule has 1 rings (SSSR count). The van der Waals surface area contributed by atoms with Gasteiger partial charge in [0.25, 0.3) is 0 Å². The van der Waals surface area contributed by atoms with E-state index in [1.165, 1.54) is 5.57 Å². The van der Waals surface area contributed by atoms with Crippen LogP contribution >= 0.6 is 0 Å². The first-order chi connectivity index (χ1) is 6.24. The van der Waals surface area contributed by atoms with Crippen LogP contribution in [0.25, 0.3) is 0 Å². The van der Waals surface area contributed by atoms with Crippen LogP contribution in [-0.4, -0.2) is 23.8 Å². The van der Waals surface area contributed by atoms with Crippen molar-refractivity contribution in [2.24, 2.45) is 5.10 Å². The predicted molar refractivity (Wildman–Crippen MR) is 60.1 cm³/mol. The van der Waals surface area contributed by atoms with Crippen LogP contribution in [0, 0.1) is 0 Å². The van der Waals surface area contributed by atoms with Gasteiger partial charge in [-0.15, -0.1) is 0 Å². The first-order valence-corrected chi connectivity index (χ1v) is 5.16. The summed E-state index contributed by atoms with van der Waals surface area (Å²) in [5.74, 6) is 0. The molecule has 1 atom stereocenters. The maximum absolute atomic E-state index is 4.26. The summed E-state index contributed by atoms with van der Waals surface area (Å²) in [7, 11) is 0. The molecule has 2 heteroatoms. The Morgan fingerprint density at radius 3 is 2.62 bits per heavy atom. The molecule has 0 radical (unpaired) electrons. The standard InChI is InChI=1S/C9H16N2.C2H6/c1-4-10-11-6-5-8(2)7-9(11)3;1-2/h4,7,9H,5-6H2,1-3H3;1-2H3/b10-4-;. The lowest BCUT2D eigenvalue weighted by atomic mass is 10.1. The van der Waals surface area contributed by atoms with Crippen LogP contribution in [0.15, 0.2) is 16.8 Å². The molecule has 0 aromatic heterocycles. The van der Waals surface area contributed by atoms with Gasteiger partial charge in [0.15, 0.2) is 0 Å². The first kappa shape index (κ1) is 12.2. The zero-order valence-electron chi connectivity index (χ0n) is 9.54. The fraction of sp³-hybridized carbons (Fsp3) is 0.727. The van der Waals surface area contributed by atoms with Crippen molar-refractivity contribution in [1.82, 2.24) is 5.01 Å². The monoisotopic (exact) mass is 182 g/mol. The van der Waals surface area contributed by atoms with Crippen LogP contribution in [0.5, 0.6) is 0 Å². The van der Waals surface area contributed by atoms with Gasteiger partial charge >= 0.3 is 0 Å². The zero-order chi connectivity index (χ0) is 10.3. The Kier molecular flexibility index (Phi) is 6.29. The lowest BCUT2D eigenvalue weighted by molar-refractivity contribution is 0.244. The Morgan fingerprint density at radius 2 is 2.15 bits per heavy atom. The highest BCUT2D eigenvalue weighted by Crippen LogP contribution is 2.15. The van der Waals surface area contributed by atoms with Crippen molar-refractivity contribution in [2.75, 3.05) is 6.54 Å². The summed E-state index contributed by atoms with van der Waals surface area (Å²) in [5.41, 5.74) is 1.49. The van der Waals surface area contributed by atoms with Gasteiger partial charge in [-0.3, -0.25) is 5.01 Å². The van der Waals surface area contributed by atoms with Crippen LogP contribution in [0.2, 0.25) is 0 Å². The van der Waals surface area contributed by atoms with E-state index in [9.17, 15) is 0 Å². The smallest absolute Gasteiger partial charge is 0.0625 e. The molecule has 0 bridgehead atoms. The molecule has 0 saturated carbocycles. The lowest BCUT2D eigenvalue weighted by Crippen LogP contribution is -2.31. The van der Waals surface area contributed by atoms with Crippen molar-refractivity contribution < 1.29 is 0 Å². The third kappa shape index (κ3) is 4.11. The minimum Gasteiger partial charge on any atom is -0.290 e. The Bertz CT molecular complexity index is 183. The van der Waals surface area contributed by atoms with E-state index in [0.29, 0.717) is 6.04 Å². The highest BCUT2D eigenvalue weighted by atomic mass is 15.5. The fourth-order valence-electron chi connectivity index (χ4n) is 1.39. The minimum atomic E-state index is 0.472. The molecule has 1 unspecified atom stereocenters. The third-order valence-electron chi connectivity index (χ3n) is 1.99. The fourth-order valence-corrected chi connectivity index (χ4v) is 1.39. The molecule has 1 heterocycles. The highest BCUT2D eigenvalue weighted by molar-refractivity contribution is 5.52. The molecular formula is C11H22N2. The summed E-state index contributed by atoms with van der Waals surface area (Å²) < 4.78 is 0. The van der Waals surface area contributed by atoms with Crippen LogP contribution in [0.1, 0.15) is 41.0 Å². The average molecular weight is 182 g/mol. The number of nitrogens with zero attached hydrogens (tertiary/aromatic N) is 2. The number of hydrogen-bond acceptors (Lipinski definition) is 2. The molecule has 0 spiro atoms. The number of hydrazone groups is 1. The lowest BCUT2D eigenvalue weighted by Gasteiger charge is -2.28. The minimum absolute atomic E-state index is 0.472. The van der Waals surface area contributed by atoms with Crippen LogP contribution in [0.4, 0.5) is 0 Å². The molecule has 1 aliphatic rings. The molecule has 1 aliphatic heterocycles. The molecule has 0 fully saturated rings. The molecule has 0 amide bonds. The van der Waals surface area contributed by atoms with Gasteiger partial charge in [-0.25, -0.2) is 0 Å². The Morgan fingerprint density at radius 1 is 1.54 bits per heavy atom. The number of rotatable bonds is 1. The molecule has 76 valence electrons. The summed E-state index contributed by atoms with van der Waals surface area (Å²) in [6, 6.07) is 0.472. The zero-order valence-corrected chi connectivity index (χ0v) is 9.54. The SMILES string of the molecule is C/C=N\N1CCC(C)=CC1C.CC. The van der Waals surface area contributed by atoms with Crippen LogP contribution in [0.3, 0.4) is 0 Å². The van der Waals surface area contributed by atoms with Crippen LogP contribution < -0.4 is 0 Å². The normalized spacial score (nSPS) is 22.4. The second kappa shape index (κ2) is 6.70. The van der Waals surface area contributed by atoms with Gasteiger partial charge in [0.05, 0.1) is 6.04 Å². The Labute approximate surface area is 82.3 Å². The van der Waals surface area contributed by atoms with Gasteiger partial charge in [0.1, 0.15) is 0 Å². The molecular weight excluding hydrogens is 160 g/mol. The first-order valence-electron chi connectivity index (χ1n) is 5.16. The molecule has 2 nitrogen and oxygen atoms in total. The van der Waals surface area contributed by atoms with Crippen molar-refractivity contribution in [3.63, 3.8) is 0 Å². The van der Waals surface area contributed by atoms with E-state index in [0.717, 1.165) is 13.0 Å². The second-order valence-electron chi connectivity index (χ2n) is 3.04. The molecule has 0 N–H and O–H groups in total. The van der Waals surface area contributed by atoms with Crippen molar-refractivity contribution in [3.05, 3.63) is 11.6 Å². The predicted octanol–water partition coefficient (Wildman–Crippen LogP) is 3.06. The summed E-state index contributed by atoms with van der Waals surface area (Å²) in [5, 5.41) is 6.38. The van der Waals surface area contributed by atoms with Gasteiger partial charge in [-0.05, 0) is 27.2 Å². The van der Waals surface area contributed by atoms with E-state index in [-0.39, 0.29) is 0 Å². The van der Waals surface area contributed by atoms with E-state index in [4.69, 9.17) is 0 Å². The summed E-state index contributed by atoms with van der Waals surface area (Å²) in [6.45, 7) is 11.4. The van der Waals surface area contributed by atoms with E-state index in [2.05, 4.69) is 30.0 Å². The van der Waals surface area contributed by atoms with Gasteiger partial charge in [0.2, 0.25) is 0 Å². The van der Waals surface area contributed by atoms with Gasteiger partial charge < -0.3 is 0 Å². The number of hydrogen-bond donors (Lipinski definition) is 0. The van der Waals surface area contributed by atoms with Gasteiger partial charge in [-0.1, -0.05) is 25.5 Å². The van der Waals surface area contributed by atoms with Crippen molar-refractivity contribution in [3.8, 4) is 0 Å². The highest BCUT2D eigenvalue weighted by Gasteiger charge is 2.13. The topological polar surface area (TPSA) is 15.6 Å². The molecule has 13 heavy (non-hydrogen) atoms. The maximum Gasteiger partial charge on any atom is 0.0625 e. The molecule has 0 aromatic rings. The molecule has 0 aliphatic carbocycles. The third-order valence-corrected chi connectivity index (χ3v) is 1.99.